The van der Waals surface area contributed by atoms with E-state index in [0.29, 0.717) is 52.0 Å². The van der Waals surface area contributed by atoms with Crippen molar-refractivity contribution in [2.75, 3.05) is 39.3 Å². The van der Waals surface area contributed by atoms with E-state index in [1.54, 1.807) is 0 Å². The van der Waals surface area contributed by atoms with Crippen molar-refractivity contribution in [1.82, 2.24) is 24.9 Å². The number of imide groups is 1. The molecule has 3 aromatic carbocycles. The van der Waals surface area contributed by atoms with Crippen molar-refractivity contribution >= 4 is 24.4 Å². The number of rotatable bonds is 7. The fourth-order valence-electron chi connectivity index (χ4n) is 7.98. The number of alkyl halides is 2. The lowest BCUT2D eigenvalue weighted by molar-refractivity contribution is -0.138. The number of amides is 2. The van der Waals surface area contributed by atoms with E-state index in [9.17, 15) is 9.59 Å². The summed E-state index contributed by atoms with van der Waals surface area (Å²) < 4.78 is 31.8. The number of likely N-dealkylation sites (tertiary alicyclic amines) is 1. The first kappa shape index (κ1) is 31.4. The van der Waals surface area contributed by atoms with E-state index in [4.69, 9.17) is 12.6 Å². The number of carbonyl (C=O) groups excluding carboxylic acids is 2. The number of nitrogens with one attached hydrogen (secondary N) is 1. The van der Waals surface area contributed by atoms with Crippen molar-refractivity contribution in [2.24, 2.45) is 0 Å². The molecule has 1 N–H and O–H groups in total. The van der Waals surface area contributed by atoms with Crippen LogP contribution in [0, 0.1) is 0 Å². The Kier molecular flexibility index (Phi) is 9.00. The minimum Gasteiger partial charge on any atom is -0.295 e. The average molecular weight is 646 g/mol. The maximum atomic E-state index is 15.9. The molecule has 4 aliphatic rings. The highest BCUT2D eigenvalue weighted by Gasteiger charge is 2.48. The van der Waals surface area contributed by atoms with Crippen LogP contribution in [0.2, 0.25) is 0 Å². The normalized spacial score (nSPS) is 26.3. The summed E-state index contributed by atoms with van der Waals surface area (Å²) in [6.07, 6.45) is 1.18. The van der Waals surface area contributed by atoms with Gasteiger partial charge in [-0.15, -0.1) is 0 Å². The summed E-state index contributed by atoms with van der Waals surface area (Å²) in [4.78, 5) is 32.6. The number of fused-ring (bicyclic) bond motifs is 1. The molecule has 3 aromatic rings. The number of thiol groups is 1. The Bertz CT molecular complexity index is 1510. The van der Waals surface area contributed by atoms with Crippen LogP contribution in [0.5, 0.6) is 0 Å². The standard InChI is InChI=1S/C36H41F2N5O2S/c37-36(38)24-40(22-27-12-7-13-28-29(27)23-43(35(28)46)30-14-15-32(44)39-34(30)45)17-16-31(36)41-18-20-42(21-19-41)33(25-8-3-1-4-9-25)26-10-5-2-6-11-26/h1-13,30-31,33,35,46H,14-24H2,(H,39,44,45). The van der Waals surface area contributed by atoms with Crippen molar-refractivity contribution in [3.8, 4) is 0 Å². The monoisotopic (exact) mass is 645 g/mol. The van der Waals surface area contributed by atoms with E-state index in [1.807, 2.05) is 45.0 Å². The third-order valence-electron chi connectivity index (χ3n) is 10.3. The molecule has 0 aromatic heterocycles. The molecule has 0 bridgehead atoms. The van der Waals surface area contributed by atoms with E-state index in [-0.39, 0.29) is 29.8 Å². The average Bonchev–Trinajstić information content (AvgIpc) is 3.39. The summed E-state index contributed by atoms with van der Waals surface area (Å²) in [5.74, 6) is -3.37. The zero-order valence-electron chi connectivity index (χ0n) is 25.9. The van der Waals surface area contributed by atoms with Crippen LogP contribution in [0.25, 0.3) is 0 Å². The number of piperazine rings is 1. The number of carbonyl (C=O) groups is 2. The minimum atomic E-state index is -2.83. The van der Waals surface area contributed by atoms with Crippen LogP contribution < -0.4 is 5.32 Å². The SMILES string of the molecule is O=C1CCC(N2Cc3c(CN4CCC(N5CCN(C(c6ccccc6)c6ccccc6)CC5)C(F)(F)C4)cccc3C2S)C(=O)N1. The van der Waals surface area contributed by atoms with Gasteiger partial charge in [0.25, 0.3) is 5.92 Å². The van der Waals surface area contributed by atoms with Gasteiger partial charge in [-0.2, -0.15) is 12.6 Å². The first-order valence-electron chi connectivity index (χ1n) is 16.3. The predicted octanol–water partition coefficient (Wildman–Crippen LogP) is 4.85. The summed E-state index contributed by atoms with van der Waals surface area (Å²) in [5, 5.41) is 2.16. The molecule has 4 aliphatic heterocycles. The largest absolute Gasteiger partial charge is 0.295 e. The van der Waals surface area contributed by atoms with Gasteiger partial charge >= 0.3 is 0 Å². The number of benzene rings is 3. The van der Waals surface area contributed by atoms with Crippen LogP contribution in [0.15, 0.2) is 78.9 Å². The number of piperidine rings is 2. The van der Waals surface area contributed by atoms with Crippen LogP contribution in [-0.2, 0) is 22.7 Å². The molecule has 3 fully saturated rings. The molecule has 3 saturated heterocycles. The summed E-state index contributed by atoms with van der Waals surface area (Å²) in [5.41, 5.74) is 5.51. The second-order valence-electron chi connectivity index (χ2n) is 13.1. The van der Waals surface area contributed by atoms with Gasteiger partial charge in [0.15, 0.2) is 0 Å². The fraction of sp³-hybridized carbons (Fsp3) is 0.444. The molecule has 46 heavy (non-hydrogen) atoms. The van der Waals surface area contributed by atoms with Gasteiger partial charge in [0.1, 0.15) is 0 Å². The second kappa shape index (κ2) is 13.2. The molecule has 242 valence electrons. The number of halogens is 2. The van der Waals surface area contributed by atoms with E-state index in [2.05, 4.69) is 58.7 Å². The zero-order chi connectivity index (χ0) is 31.8. The quantitative estimate of drug-likeness (QED) is 0.283. The third kappa shape index (κ3) is 6.25. The van der Waals surface area contributed by atoms with Crippen LogP contribution in [0.4, 0.5) is 8.78 Å². The smallest absolute Gasteiger partial charge is 0.275 e. The lowest BCUT2D eigenvalue weighted by atomic mass is 9.94. The topological polar surface area (TPSA) is 59.1 Å². The highest BCUT2D eigenvalue weighted by atomic mass is 32.1. The first-order chi connectivity index (χ1) is 22.3. The molecule has 7 nitrogen and oxygen atoms in total. The van der Waals surface area contributed by atoms with E-state index < -0.39 is 18.0 Å². The Hall–Kier alpha value is -3.15. The van der Waals surface area contributed by atoms with Crippen LogP contribution >= 0.6 is 12.6 Å². The number of hydrogen-bond acceptors (Lipinski definition) is 7. The molecular formula is C36H41F2N5O2S. The van der Waals surface area contributed by atoms with Crippen LogP contribution in [0.3, 0.4) is 0 Å². The Morgan fingerprint density at radius 1 is 0.848 bits per heavy atom. The summed E-state index contributed by atoms with van der Waals surface area (Å²) in [6, 6.07) is 25.7. The van der Waals surface area contributed by atoms with Crippen LogP contribution in [0.1, 0.15) is 58.5 Å². The van der Waals surface area contributed by atoms with Crippen molar-refractivity contribution in [1.29, 1.82) is 0 Å². The molecular weight excluding hydrogens is 604 g/mol. The van der Waals surface area contributed by atoms with E-state index >= 15 is 8.78 Å². The molecule has 3 unspecified atom stereocenters. The Labute approximate surface area is 274 Å². The Morgan fingerprint density at radius 2 is 1.52 bits per heavy atom. The zero-order valence-corrected chi connectivity index (χ0v) is 26.8. The lowest BCUT2D eigenvalue weighted by Crippen LogP contribution is -2.61. The van der Waals surface area contributed by atoms with Crippen molar-refractivity contribution in [2.45, 2.75) is 61.8 Å². The van der Waals surface area contributed by atoms with Gasteiger partial charge in [-0.3, -0.25) is 34.5 Å². The maximum absolute atomic E-state index is 15.9. The lowest BCUT2D eigenvalue weighted by Gasteiger charge is -2.47. The van der Waals surface area contributed by atoms with Gasteiger partial charge in [0.2, 0.25) is 11.8 Å². The maximum Gasteiger partial charge on any atom is 0.275 e. The van der Waals surface area contributed by atoms with Crippen molar-refractivity contribution < 1.29 is 18.4 Å². The fourth-order valence-corrected chi connectivity index (χ4v) is 8.46. The minimum absolute atomic E-state index is 0.0993. The molecule has 7 rings (SSSR count). The van der Waals surface area contributed by atoms with E-state index in [0.717, 1.165) is 29.8 Å². The molecule has 0 spiro atoms. The molecule has 0 aliphatic carbocycles. The Morgan fingerprint density at radius 3 is 2.15 bits per heavy atom. The molecule has 0 saturated carbocycles. The molecule has 4 heterocycles. The highest BCUT2D eigenvalue weighted by molar-refractivity contribution is 7.80. The molecule has 0 radical (unpaired) electrons. The molecule has 10 heteroatoms. The van der Waals surface area contributed by atoms with Crippen molar-refractivity contribution in [3.05, 3.63) is 107 Å². The number of hydrogen-bond donors (Lipinski definition) is 2. The first-order valence-corrected chi connectivity index (χ1v) is 16.9. The summed E-state index contributed by atoms with van der Waals surface area (Å²) in [7, 11) is 0. The molecule has 2 amide bonds. The van der Waals surface area contributed by atoms with Gasteiger partial charge in [-0.25, -0.2) is 8.78 Å². The van der Waals surface area contributed by atoms with E-state index in [1.165, 1.54) is 11.1 Å². The van der Waals surface area contributed by atoms with Gasteiger partial charge in [0, 0.05) is 52.2 Å². The van der Waals surface area contributed by atoms with Gasteiger partial charge < -0.3 is 0 Å². The third-order valence-corrected chi connectivity index (χ3v) is 10.8. The predicted molar refractivity (Wildman–Crippen MR) is 176 cm³/mol. The van der Waals surface area contributed by atoms with Gasteiger partial charge in [-0.1, -0.05) is 78.9 Å². The second-order valence-corrected chi connectivity index (χ2v) is 13.6. The highest BCUT2D eigenvalue weighted by Crippen LogP contribution is 2.42. The molecule has 3 atom stereocenters. The summed E-state index contributed by atoms with van der Waals surface area (Å²) >= 11 is 4.83. The van der Waals surface area contributed by atoms with Crippen molar-refractivity contribution in [3.63, 3.8) is 0 Å². The summed E-state index contributed by atoms with van der Waals surface area (Å²) in [6.45, 7) is 3.95. The van der Waals surface area contributed by atoms with Crippen LogP contribution in [-0.4, -0.2) is 88.7 Å². The van der Waals surface area contributed by atoms with Gasteiger partial charge in [-0.05, 0) is 40.7 Å². The van der Waals surface area contributed by atoms with Gasteiger partial charge in [0.05, 0.1) is 30.0 Å². The number of nitrogens with zero attached hydrogens (tertiary/aromatic N) is 4. The Balaban J connectivity index is 0.990.